The molecule has 1 N–H and O–H groups in total. The first-order chi connectivity index (χ1) is 6.73. The fourth-order valence-corrected chi connectivity index (χ4v) is 3.66. The van der Waals surface area contributed by atoms with Gasteiger partial charge in [0.15, 0.2) is 0 Å². The van der Waals surface area contributed by atoms with Gasteiger partial charge in [0.2, 0.25) is 0 Å². The van der Waals surface area contributed by atoms with Crippen LogP contribution in [-0.2, 0) is 0 Å². The van der Waals surface area contributed by atoms with Crippen LogP contribution in [-0.4, -0.2) is 13.1 Å². The molecule has 0 aromatic heterocycles. The lowest BCUT2D eigenvalue weighted by atomic mass is 9.56. The highest BCUT2D eigenvalue weighted by Gasteiger charge is 2.43. The summed E-state index contributed by atoms with van der Waals surface area (Å²) < 4.78 is 0. The Kier molecular flexibility index (Phi) is 3.16. The van der Waals surface area contributed by atoms with Gasteiger partial charge in [-0.05, 0) is 62.4 Å². The molecule has 1 aliphatic carbocycles. The summed E-state index contributed by atoms with van der Waals surface area (Å²) in [6, 6.07) is 0. The molecule has 0 radical (unpaired) electrons. The summed E-state index contributed by atoms with van der Waals surface area (Å²) in [6.07, 6.45) is 8.90. The summed E-state index contributed by atoms with van der Waals surface area (Å²) in [5, 5.41) is 3.49. The van der Waals surface area contributed by atoms with E-state index in [1.807, 2.05) is 0 Å². The Balaban J connectivity index is 1.95. The third-order valence-corrected chi connectivity index (χ3v) is 4.37. The molecule has 0 spiro atoms. The van der Waals surface area contributed by atoms with Gasteiger partial charge in [-0.15, -0.1) is 0 Å². The van der Waals surface area contributed by atoms with E-state index in [-0.39, 0.29) is 0 Å². The van der Waals surface area contributed by atoms with Crippen molar-refractivity contribution in [2.24, 2.45) is 17.3 Å². The second kappa shape index (κ2) is 4.22. The molecule has 0 atom stereocenters. The lowest BCUT2D eigenvalue weighted by molar-refractivity contribution is 0.00828. The van der Waals surface area contributed by atoms with E-state index in [1.165, 1.54) is 51.6 Å². The molecule has 0 aromatic carbocycles. The molecule has 0 unspecified atom stereocenters. The van der Waals surface area contributed by atoms with E-state index in [0.717, 1.165) is 17.3 Å². The van der Waals surface area contributed by atoms with Crippen molar-refractivity contribution in [3.8, 4) is 0 Å². The van der Waals surface area contributed by atoms with Gasteiger partial charge in [-0.2, -0.15) is 0 Å². The first-order valence-corrected chi connectivity index (χ1v) is 6.44. The number of nitrogens with one attached hydrogen (secondary N) is 1. The van der Waals surface area contributed by atoms with Crippen LogP contribution in [0.15, 0.2) is 0 Å². The van der Waals surface area contributed by atoms with Crippen LogP contribution in [0.3, 0.4) is 0 Å². The first kappa shape index (κ1) is 10.5. The largest absolute Gasteiger partial charge is 0.317 e. The van der Waals surface area contributed by atoms with Crippen LogP contribution in [0.4, 0.5) is 0 Å². The second-order valence-corrected chi connectivity index (χ2v) is 5.84. The smallest absolute Gasteiger partial charge is 0.00461 e. The van der Waals surface area contributed by atoms with Crippen molar-refractivity contribution in [2.45, 2.75) is 52.4 Å². The number of hydrogen-bond acceptors (Lipinski definition) is 1. The molecule has 14 heavy (non-hydrogen) atoms. The maximum atomic E-state index is 3.49. The zero-order valence-corrected chi connectivity index (χ0v) is 9.81. The summed E-state index contributed by atoms with van der Waals surface area (Å²) in [7, 11) is 0. The molecule has 1 heterocycles. The minimum atomic E-state index is 0.774. The van der Waals surface area contributed by atoms with Crippen LogP contribution in [0.5, 0.6) is 0 Å². The lowest BCUT2D eigenvalue weighted by Crippen LogP contribution is -2.43. The molecule has 2 fully saturated rings. The summed E-state index contributed by atoms with van der Waals surface area (Å²) in [5.74, 6) is 1.94. The summed E-state index contributed by atoms with van der Waals surface area (Å²) in [5.41, 5.74) is 0.774. The van der Waals surface area contributed by atoms with Crippen LogP contribution >= 0.6 is 0 Å². The average molecular weight is 195 g/mol. The van der Waals surface area contributed by atoms with Gasteiger partial charge >= 0.3 is 0 Å². The maximum absolute atomic E-state index is 3.49. The second-order valence-electron chi connectivity index (χ2n) is 5.84. The van der Waals surface area contributed by atoms with Gasteiger partial charge in [0.1, 0.15) is 0 Å². The van der Waals surface area contributed by atoms with Crippen molar-refractivity contribution in [2.75, 3.05) is 13.1 Å². The van der Waals surface area contributed by atoms with Crippen molar-refractivity contribution < 1.29 is 0 Å². The molecule has 0 aromatic rings. The Bertz CT molecular complexity index is 176. The molecule has 1 saturated heterocycles. The molecule has 1 nitrogen and oxygen atoms in total. The summed E-state index contributed by atoms with van der Waals surface area (Å²) in [6.45, 7) is 7.32. The van der Waals surface area contributed by atoms with E-state index in [4.69, 9.17) is 0 Å². The molecular weight excluding hydrogens is 170 g/mol. The van der Waals surface area contributed by atoms with Gasteiger partial charge in [-0.1, -0.05) is 20.3 Å². The van der Waals surface area contributed by atoms with Crippen LogP contribution in [0.1, 0.15) is 52.4 Å². The molecule has 2 aliphatic rings. The standard InChI is InChI=1S/C13H25N/c1-11(2)10-13(6-3-7-13)12-4-8-14-9-5-12/h11-12,14H,3-10H2,1-2H3. The Morgan fingerprint density at radius 2 is 1.86 bits per heavy atom. The molecule has 1 saturated carbocycles. The van der Waals surface area contributed by atoms with Gasteiger partial charge < -0.3 is 5.32 Å². The van der Waals surface area contributed by atoms with Crippen molar-refractivity contribution in [1.29, 1.82) is 0 Å². The monoisotopic (exact) mass is 195 g/mol. The maximum Gasteiger partial charge on any atom is -0.00461 e. The molecule has 1 aliphatic heterocycles. The minimum absolute atomic E-state index is 0.774. The van der Waals surface area contributed by atoms with E-state index in [9.17, 15) is 0 Å². The highest BCUT2D eigenvalue weighted by atomic mass is 14.9. The number of piperidine rings is 1. The predicted molar refractivity (Wildman–Crippen MR) is 61.3 cm³/mol. The molecule has 0 amide bonds. The number of hydrogen-bond donors (Lipinski definition) is 1. The lowest BCUT2D eigenvalue weighted by Gasteiger charge is -2.50. The van der Waals surface area contributed by atoms with Crippen molar-refractivity contribution in [1.82, 2.24) is 5.32 Å². The normalized spacial score (nSPS) is 27.6. The fraction of sp³-hybridized carbons (Fsp3) is 1.00. The molecule has 82 valence electrons. The van der Waals surface area contributed by atoms with E-state index < -0.39 is 0 Å². The Morgan fingerprint density at radius 3 is 2.29 bits per heavy atom. The zero-order chi connectivity index (χ0) is 10.0. The van der Waals surface area contributed by atoms with E-state index in [2.05, 4.69) is 19.2 Å². The van der Waals surface area contributed by atoms with Crippen LogP contribution in [0.2, 0.25) is 0 Å². The van der Waals surface area contributed by atoms with Crippen molar-refractivity contribution in [3.63, 3.8) is 0 Å². The first-order valence-electron chi connectivity index (χ1n) is 6.44. The molecule has 2 rings (SSSR count). The van der Waals surface area contributed by atoms with Crippen LogP contribution in [0, 0.1) is 17.3 Å². The summed E-state index contributed by atoms with van der Waals surface area (Å²) in [4.78, 5) is 0. The van der Waals surface area contributed by atoms with E-state index >= 15 is 0 Å². The van der Waals surface area contributed by atoms with Gasteiger partial charge in [0.05, 0.1) is 0 Å². The number of rotatable bonds is 3. The predicted octanol–water partition coefficient (Wildman–Crippen LogP) is 3.20. The SMILES string of the molecule is CC(C)CC1(C2CCNCC2)CCC1. The zero-order valence-electron chi connectivity index (χ0n) is 9.81. The minimum Gasteiger partial charge on any atom is -0.317 e. The van der Waals surface area contributed by atoms with Gasteiger partial charge in [0, 0.05) is 0 Å². The summed E-state index contributed by atoms with van der Waals surface area (Å²) >= 11 is 0. The molecule has 0 bridgehead atoms. The third-order valence-electron chi connectivity index (χ3n) is 4.37. The van der Waals surface area contributed by atoms with Gasteiger partial charge in [-0.25, -0.2) is 0 Å². The topological polar surface area (TPSA) is 12.0 Å². The Morgan fingerprint density at radius 1 is 1.21 bits per heavy atom. The third kappa shape index (κ3) is 1.98. The van der Waals surface area contributed by atoms with Crippen LogP contribution < -0.4 is 5.32 Å². The quantitative estimate of drug-likeness (QED) is 0.729. The Labute approximate surface area is 88.7 Å². The van der Waals surface area contributed by atoms with E-state index in [1.54, 1.807) is 0 Å². The fourth-order valence-electron chi connectivity index (χ4n) is 3.66. The average Bonchev–Trinajstić information content (AvgIpc) is 2.12. The van der Waals surface area contributed by atoms with Crippen molar-refractivity contribution >= 4 is 0 Å². The van der Waals surface area contributed by atoms with Gasteiger partial charge in [-0.3, -0.25) is 0 Å². The Hall–Kier alpha value is -0.0400. The van der Waals surface area contributed by atoms with E-state index in [0.29, 0.717) is 0 Å². The van der Waals surface area contributed by atoms with Crippen LogP contribution in [0.25, 0.3) is 0 Å². The van der Waals surface area contributed by atoms with Crippen molar-refractivity contribution in [3.05, 3.63) is 0 Å². The highest BCUT2D eigenvalue weighted by molar-refractivity contribution is 4.95. The molecular formula is C13H25N. The highest BCUT2D eigenvalue weighted by Crippen LogP contribution is 2.53. The van der Waals surface area contributed by atoms with Gasteiger partial charge in [0.25, 0.3) is 0 Å². The molecule has 1 heteroatoms.